The molecule has 0 saturated heterocycles. The van der Waals surface area contributed by atoms with E-state index in [1.165, 1.54) is 5.69 Å². The molecule has 2 aromatic rings. The van der Waals surface area contributed by atoms with Crippen LogP contribution in [-0.2, 0) is 24.3 Å². The molecule has 2 heterocycles. The van der Waals surface area contributed by atoms with Crippen LogP contribution in [0.2, 0.25) is 5.02 Å². The lowest BCUT2D eigenvalue weighted by Gasteiger charge is -2.15. The maximum Gasteiger partial charge on any atom is 0.319 e. The van der Waals surface area contributed by atoms with Gasteiger partial charge in [-0.25, -0.2) is 4.79 Å². The Morgan fingerprint density at radius 3 is 3.14 bits per heavy atom. The number of carbonyl (C=O) groups is 1. The van der Waals surface area contributed by atoms with Crippen LogP contribution >= 0.6 is 11.6 Å². The van der Waals surface area contributed by atoms with E-state index in [0.29, 0.717) is 30.4 Å². The molecule has 0 bridgehead atoms. The number of benzene rings is 1. The van der Waals surface area contributed by atoms with E-state index in [0.717, 1.165) is 18.6 Å². The first-order chi connectivity index (χ1) is 10.7. The number of para-hydroxylation sites is 1. The zero-order valence-corrected chi connectivity index (χ0v) is 12.8. The van der Waals surface area contributed by atoms with Crippen LogP contribution in [0.25, 0.3) is 0 Å². The molecular weight excluding hydrogens is 304 g/mol. The van der Waals surface area contributed by atoms with Crippen molar-refractivity contribution in [3.63, 3.8) is 0 Å². The topological polar surface area (TPSA) is 68.2 Å². The molecule has 116 valence electrons. The number of fused-ring (bicyclic) bond motifs is 1. The lowest BCUT2D eigenvalue weighted by Crippen LogP contribution is -2.32. The van der Waals surface area contributed by atoms with E-state index in [1.54, 1.807) is 12.1 Å². The highest BCUT2D eigenvalue weighted by atomic mass is 35.5. The summed E-state index contributed by atoms with van der Waals surface area (Å²) in [6.45, 7) is 2.46. The highest BCUT2D eigenvalue weighted by Crippen LogP contribution is 2.20. The maximum atomic E-state index is 11.9. The van der Waals surface area contributed by atoms with Crippen LogP contribution in [0.5, 0.6) is 0 Å². The minimum absolute atomic E-state index is 0.280. The molecule has 2 N–H and O–H groups in total. The van der Waals surface area contributed by atoms with Crippen molar-refractivity contribution in [1.29, 1.82) is 0 Å². The van der Waals surface area contributed by atoms with Crippen molar-refractivity contribution in [3.05, 3.63) is 46.7 Å². The van der Waals surface area contributed by atoms with Gasteiger partial charge in [-0.2, -0.15) is 5.10 Å². The number of amides is 2. The Kier molecular flexibility index (Phi) is 4.60. The minimum Gasteiger partial charge on any atom is -0.376 e. The second-order valence-corrected chi connectivity index (χ2v) is 5.41. The second kappa shape index (κ2) is 6.81. The van der Waals surface area contributed by atoms with Gasteiger partial charge >= 0.3 is 6.03 Å². The van der Waals surface area contributed by atoms with Crippen molar-refractivity contribution in [3.8, 4) is 0 Å². The van der Waals surface area contributed by atoms with Crippen LogP contribution in [0.3, 0.4) is 0 Å². The zero-order valence-electron chi connectivity index (χ0n) is 12.0. The summed E-state index contributed by atoms with van der Waals surface area (Å²) in [5.41, 5.74) is 2.92. The molecule has 1 aliphatic rings. The van der Waals surface area contributed by atoms with Gasteiger partial charge in [-0.15, -0.1) is 0 Å². The van der Waals surface area contributed by atoms with Gasteiger partial charge in [0.15, 0.2) is 0 Å². The number of nitrogens with zero attached hydrogens (tertiary/aromatic N) is 2. The molecule has 1 aromatic heterocycles. The Hall–Kier alpha value is -2.05. The van der Waals surface area contributed by atoms with E-state index in [4.69, 9.17) is 16.3 Å². The summed E-state index contributed by atoms with van der Waals surface area (Å²) in [4.78, 5) is 11.9. The molecule has 0 saturated carbocycles. The molecule has 0 radical (unpaired) electrons. The van der Waals surface area contributed by atoms with Crippen molar-refractivity contribution >= 4 is 23.3 Å². The molecule has 0 fully saturated rings. The lowest BCUT2D eigenvalue weighted by molar-refractivity contribution is 0.109. The predicted molar refractivity (Wildman–Crippen MR) is 84.1 cm³/mol. The van der Waals surface area contributed by atoms with Crippen molar-refractivity contribution in [2.75, 3.05) is 18.5 Å². The third-order valence-electron chi connectivity index (χ3n) is 3.51. The fourth-order valence-electron chi connectivity index (χ4n) is 2.41. The SMILES string of the molecule is O=C(NCCn1ncc2c1CCOC2)Nc1ccccc1Cl. The molecule has 7 heteroatoms. The summed E-state index contributed by atoms with van der Waals surface area (Å²) in [5.74, 6) is 0. The van der Waals surface area contributed by atoms with E-state index in [9.17, 15) is 4.79 Å². The normalized spacial score (nSPS) is 13.5. The zero-order chi connectivity index (χ0) is 15.4. The van der Waals surface area contributed by atoms with Gasteiger partial charge in [0.1, 0.15) is 0 Å². The van der Waals surface area contributed by atoms with Gasteiger partial charge in [0, 0.05) is 24.2 Å². The molecule has 0 unspecified atom stereocenters. The van der Waals surface area contributed by atoms with Crippen LogP contribution in [0.1, 0.15) is 11.3 Å². The van der Waals surface area contributed by atoms with Crippen molar-refractivity contribution < 1.29 is 9.53 Å². The number of halogens is 1. The van der Waals surface area contributed by atoms with Crippen LogP contribution < -0.4 is 10.6 Å². The summed E-state index contributed by atoms with van der Waals surface area (Å²) in [6.07, 6.45) is 2.69. The van der Waals surface area contributed by atoms with Crippen molar-refractivity contribution in [2.24, 2.45) is 0 Å². The fraction of sp³-hybridized carbons (Fsp3) is 0.333. The van der Waals surface area contributed by atoms with Gasteiger partial charge in [-0.1, -0.05) is 23.7 Å². The van der Waals surface area contributed by atoms with E-state index in [-0.39, 0.29) is 6.03 Å². The average molecular weight is 321 g/mol. The first-order valence-electron chi connectivity index (χ1n) is 7.15. The second-order valence-electron chi connectivity index (χ2n) is 5.00. The summed E-state index contributed by atoms with van der Waals surface area (Å²) in [5, 5.41) is 10.4. The lowest BCUT2D eigenvalue weighted by atomic mass is 10.2. The quantitative estimate of drug-likeness (QED) is 0.909. The maximum absolute atomic E-state index is 11.9. The highest BCUT2D eigenvalue weighted by molar-refractivity contribution is 6.33. The number of aromatic nitrogens is 2. The number of ether oxygens (including phenoxy) is 1. The monoisotopic (exact) mass is 320 g/mol. The van der Waals surface area contributed by atoms with Gasteiger partial charge in [0.25, 0.3) is 0 Å². The number of hydrogen-bond donors (Lipinski definition) is 2. The predicted octanol–water partition coefficient (Wildman–Crippen LogP) is 2.43. The Labute approximate surface area is 133 Å². The van der Waals surface area contributed by atoms with Crippen LogP contribution in [0.4, 0.5) is 10.5 Å². The average Bonchev–Trinajstić information content (AvgIpc) is 2.93. The number of nitrogens with one attached hydrogen (secondary N) is 2. The third kappa shape index (κ3) is 3.40. The minimum atomic E-state index is -0.280. The third-order valence-corrected chi connectivity index (χ3v) is 3.84. The molecule has 6 nitrogen and oxygen atoms in total. The van der Waals surface area contributed by atoms with E-state index in [2.05, 4.69) is 15.7 Å². The first-order valence-corrected chi connectivity index (χ1v) is 7.52. The van der Waals surface area contributed by atoms with Gasteiger partial charge in [0.05, 0.1) is 36.7 Å². The molecule has 22 heavy (non-hydrogen) atoms. The van der Waals surface area contributed by atoms with E-state index in [1.807, 2.05) is 23.0 Å². The molecule has 0 spiro atoms. The van der Waals surface area contributed by atoms with Crippen LogP contribution in [0, 0.1) is 0 Å². The fourth-order valence-corrected chi connectivity index (χ4v) is 2.59. The number of urea groups is 1. The summed E-state index contributed by atoms with van der Waals surface area (Å²) in [6, 6.07) is 6.84. The summed E-state index contributed by atoms with van der Waals surface area (Å²) in [7, 11) is 0. The van der Waals surface area contributed by atoms with E-state index < -0.39 is 0 Å². The summed E-state index contributed by atoms with van der Waals surface area (Å²) >= 11 is 5.99. The molecule has 0 aliphatic carbocycles. The van der Waals surface area contributed by atoms with Crippen LogP contribution in [-0.4, -0.2) is 29.0 Å². The van der Waals surface area contributed by atoms with Gasteiger partial charge in [0.2, 0.25) is 0 Å². The Morgan fingerprint density at radius 1 is 1.41 bits per heavy atom. The number of anilines is 1. The molecule has 2 amide bonds. The Bertz CT molecular complexity index is 671. The number of hydrogen-bond acceptors (Lipinski definition) is 3. The van der Waals surface area contributed by atoms with E-state index >= 15 is 0 Å². The molecular formula is C15H17ClN4O2. The first kappa shape index (κ1) is 14.9. The van der Waals surface area contributed by atoms with Crippen LogP contribution in [0.15, 0.2) is 30.5 Å². The van der Waals surface area contributed by atoms with Crippen molar-refractivity contribution in [2.45, 2.75) is 19.6 Å². The number of carbonyl (C=O) groups excluding carboxylic acids is 1. The van der Waals surface area contributed by atoms with Gasteiger partial charge in [-0.05, 0) is 12.1 Å². The number of rotatable bonds is 4. The van der Waals surface area contributed by atoms with Gasteiger partial charge < -0.3 is 15.4 Å². The molecule has 3 rings (SSSR count). The molecule has 0 atom stereocenters. The summed E-state index contributed by atoms with van der Waals surface area (Å²) < 4.78 is 7.31. The largest absolute Gasteiger partial charge is 0.376 e. The molecule has 1 aliphatic heterocycles. The highest BCUT2D eigenvalue weighted by Gasteiger charge is 2.15. The molecule has 1 aromatic carbocycles. The Morgan fingerprint density at radius 2 is 2.27 bits per heavy atom. The smallest absolute Gasteiger partial charge is 0.319 e. The van der Waals surface area contributed by atoms with Crippen molar-refractivity contribution in [1.82, 2.24) is 15.1 Å². The van der Waals surface area contributed by atoms with Gasteiger partial charge in [-0.3, -0.25) is 4.68 Å². The standard InChI is InChI=1S/C15H17ClN4O2/c16-12-3-1-2-4-13(12)19-15(21)17-6-7-20-14-5-8-22-10-11(14)9-18-20/h1-4,9H,5-8,10H2,(H2,17,19,21). The Balaban J connectivity index is 1.50.